The van der Waals surface area contributed by atoms with Gasteiger partial charge in [0.1, 0.15) is 0 Å². The summed E-state index contributed by atoms with van der Waals surface area (Å²) in [6, 6.07) is 11.3. The highest BCUT2D eigenvalue weighted by Crippen LogP contribution is 2.19. The molecule has 0 saturated carbocycles. The summed E-state index contributed by atoms with van der Waals surface area (Å²) < 4.78 is 5.77. The summed E-state index contributed by atoms with van der Waals surface area (Å²) in [4.78, 5) is 2.55. The summed E-state index contributed by atoms with van der Waals surface area (Å²) in [5.74, 6) is 0. The van der Waals surface area contributed by atoms with Crippen molar-refractivity contribution in [1.29, 1.82) is 0 Å². The quantitative estimate of drug-likeness (QED) is 0.797. The van der Waals surface area contributed by atoms with Crippen molar-refractivity contribution in [3.8, 4) is 0 Å². The summed E-state index contributed by atoms with van der Waals surface area (Å²) in [5, 5.41) is 3.41. The predicted molar refractivity (Wildman–Crippen MR) is 63.2 cm³/mol. The number of ether oxygens (including phenoxy) is 1. The van der Waals surface area contributed by atoms with Gasteiger partial charge in [0.2, 0.25) is 0 Å². The molecular weight excluding hydrogens is 200 g/mol. The Morgan fingerprint density at radius 3 is 3.00 bits per heavy atom. The standard InChI is InChI=1S/C13H18N2O/c1-2-4-11(5-3-1)10-15-6-7-16-13-9-14-8-12(13)15/h1-5,12-14H,6-10H2/t12-,13+/m0/s1. The molecule has 2 aliphatic rings. The molecule has 0 amide bonds. The summed E-state index contributed by atoms with van der Waals surface area (Å²) in [5.41, 5.74) is 1.40. The van der Waals surface area contributed by atoms with Crippen LogP contribution in [0.2, 0.25) is 0 Å². The van der Waals surface area contributed by atoms with Crippen molar-refractivity contribution < 1.29 is 4.74 Å². The van der Waals surface area contributed by atoms with E-state index in [0.29, 0.717) is 12.1 Å². The average molecular weight is 218 g/mol. The molecule has 3 heteroatoms. The lowest BCUT2D eigenvalue weighted by Crippen LogP contribution is -2.50. The molecule has 1 aromatic carbocycles. The normalized spacial score (nSPS) is 30.2. The van der Waals surface area contributed by atoms with E-state index < -0.39 is 0 Å². The lowest BCUT2D eigenvalue weighted by atomic mass is 10.1. The molecule has 2 aliphatic heterocycles. The van der Waals surface area contributed by atoms with Gasteiger partial charge in [0.15, 0.2) is 0 Å². The van der Waals surface area contributed by atoms with Crippen LogP contribution in [0.1, 0.15) is 5.56 Å². The van der Waals surface area contributed by atoms with E-state index in [0.717, 1.165) is 32.8 Å². The van der Waals surface area contributed by atoms with Crippen molar-refractivity contribution in [2.24, 2.45) is 0 Å². The fraction of sp³-hybridized carbons (Fsp3) is 0.538. The molecule has 0 spiro atoms. The zero-order chi connectivity index (χ0) is 10.8. The minimum absolute atomic E-state index is 0.400. The van der Waals surface area contributed by atoms with Crippen LogP contribution in [0.5, 0.6) is 0 Å². The topological polar surface area (TPSA) is 24.5 Å². The molecule has 2 heterocycles. The number of nitrogens with zero attached hydrogens (tertiary/aromatic N) is 1. The largest absolute Gasteiger partial charge is 0.374 e. The Hall–Kier alpha value is -0.900. The van der Waals surface area contributed by atoms with Crippen LogP contribution < -0.4 is 5.32 Å². The molecule has 0 aromatic heterocycles. The Bertz CT molecular complexity index is 341. The fourth-order valence-electron chi connectivity index (χ4n) is 2.68. The Balaban J connectivity index is 1.70. The van der Waals surface area contributed by atoms with Crippen LogP contribution in [0, 0.1) is 0 Å². The molecule has 3 nitrogen and oxygen atoms in total. The first kappa shape index (κ1) is 10.3. The minimum Gasteiger partial charge on any atom is -0.374 e. The van der Waals surface area contributed by atoms with Crippen LogP contribution in [-0.2, 0) is 11.3 Å². The molecule has 0 unspecified atom stereocenters. The SMILES string of the molecule is c1ccc(CN2CCO[C@@H]3CNC[C@@H]32)cc1. The molecule has 2 fully saturated rings. The maximum Gasteiger partial charge on any atom is 0.0867 e. The van der Waals surface area contributed by atoms with Crippen molar-refractivity contribution >= 4 is 0 Å². The predicted octanol–water partition coefficient (Wildman–Crippen LogP) is 0.859. The van der Waals surface area contributed by atoms with E-state index in [2.05, 4.69) is 40.5 Å². The molecule has 0 radical (unpaired) electrons. The van der Waals surface area contributed by atoms with Crippen LogP contribution in [0.3, 0.4) is 0 Å². The van der Waals surface area contributed by atoms with Gasteiger partial charge in [-0.25, -0.2) is 0 Å². The van der Waals surface area contributed by atoms with Gasteiger partial charge in [0.25, 0.3) is 0 Å². The first-order valence-electron chi connectivity index (χ1n) is 6.04. The van der Waals surface area contributed by atoms with Gasteiger partial charge in [0, 0.05) is 32.2 Å². The zero-order valence-corrected chi connectivity index (χ0v) is 9.43. The highest BCUT2D eigenvalue weighted by atomic mass is 16.5. The summed E-state index contributed by atoms with van der Waals surface area (Å²) >= 11 is 0. The van der Waals surface area contributed by atoms with E-state index in [1.165, 1.54) is 5.56 Å². The van der Waals surface area contributed by atoms with Crippen molar-refractivity contribution in [1.82, 2.24) is 10.2 Å². The fourth-order valence-corrected chi connectivity index (χ4v) is 2.68. The summed E-state index contributed by atoms with van der Waals surface area (Å²) in [6.45, 7) is 5.05. The number of hydrogen-bond acceptors (Lipinski definition) is 3. The Labute approximate surface area is 96.4 Å². The second-order valence-corrected chi connectivity index (χ2v) is 4.59. The Morgan fingerprint density at radius 1 is 1.25 bits per heavy atom. The molecule has 1 N–H and O–H groups in total. The summed E-state index contributed by atoms with van der Waals surface area (Å²) in [6.07, 6.45) is 0.400. The highest BCUT2D eigenvalue weighted by Gasteiger charge is 2.35. The van der Waals surface area contributed by atoms with E-state index in [1.54, 1.807) is 0 Å². The van der Waals surface area contributed by atoms with E-state index in [9.17, 15) is 0 Å². The molecule has 2 saturated heterocycles. The van der Waals surface area contributed by atoms with Gasteiger partial charge in [-0.15, -0.1) is 0 Å². The van der Waals surface area contributed by atoms with E-state index in [4.69, 9.17) is 4.74 Å². The van der Waals surface area contributed by atoms with Crippen LogP contribution in [0.15, 0.2) is 30.3 Å². The van der Waals surface area contributed by atoms with Crippen molar-refractivity contribution in [3.63, 3.8) is 0 Å². The number of benzene rings is 1. The molecule has 3 rings (SSSR count). The first-order valence-corrected chi connectivity index (χ1v) is 6.04. The van der Waals surface area contributed by atoms with Gasteiger partial charge in [-0.05, 0) is 5.56 Å². The Kier molecular flexibility index (Phi) is 2.91. The number of morpholine rings is 1. The number of rotatable bonds is 2. The molecule has 16 heavy (non-hydrogen) atoms. The third-order valence-corrected chi connectivity index (χ3v) is 3.54. The monoisotopic (exact) mass is 218 g/mol. The third kappa shape index (κ3) is 1.98. The highest BCUT2D eigenvalue weighted by molar-refractivity contribution is 5.15. The molecular formula is C13H18N2O. The van der Waals surface area contributed by atoms with E-state index in [-0.39, 0.29) is 0 Å². The third-order valence-electron chi connectivity index (χ3n) is 3.54. The lowest BCUT2D eigenvalue weighted by Gasteiger charge is -2.36. The molecule has 0 bridgehead atoms. The van der Waals surface area contributed by atoms with E-state index in [1.807, 2.05) is 0 Å². The lowest BCUT2D eigenvalue weighted by molar-refractivity contribution is -0.0500. The Morgan fingerprint density at radius 2 is 2.12 bits per heavy atom. The van der Waals surface area contributed by atoms with Crippen LogP contribution in [0.4, 0.5) is 0 Å². The number of hydrogen-bond donors (Lipinski definition) is 1. The first-order chi connectivity index (χ1) is 7.93. The van der Waals surface area contributed by atoms with E-state index >= 15 is 0 Å². The van der Waals surface area contributed by atoms with Gasteiger partial charge in [-0.3, -0.25) is 4.90 Å². The number of nitrogens with one attached hydrogen (secondary N) is 1. The number of fused-ring (bicyclic) bond motifs is 1. The van der Waals surface area contributed by atoms with Crippen LogP contribution >= 0.6 is 0 Å². The van der Waals surface area contributed by atoms with Gasteiger partial charge in [-0.1, -0.05) is 30.3 Å². The molecule has 86 valence electrons. The van der Waals surface area contributed by atoms with Gasteiger partial charge in [-0.2, -0.15) is 0 Å². The van der Waals surface area contributed by atoms with Crippen molar-refractivity contribution in [2.75, 3.05) is 26.2 Å². The van der Waals surface area contributed by atoms with Crippen molar-refractivity contribution in [3.05, 3.63) is 35.9 Å². The molecule has 1 aromatic rings. The minimum atomic E-state index is 0.400. The maximum absolute atomic E-state index is 5.77. The molecule has 0 aliphatic carbocycles. The molecule has 2 atom stereocenters. The second-order valence-electron chi connectivity index (χ2n) is 4.59. The second kappa shape index (κ2) is 4.53. The van der Waals surface area contributed by atoms with Gasteiger partial charge < -0.3 is 10.1 Å². The average Bonchev–Trinajstić information content (AvgIpc) is 2.80. The summed E-state index contributed by atoms with van der Waals surface area (Å²) in [7, 11) is 0. The smallest absolute Gasteiger partial charge is 0.0867 e. The zero-order valence-electron chi connectivity index (χ0n) is 9.43. The maximum atomic E-state index is 5.77. The van der Waals surface area contributed by atoms with Crippen LogP contribution in [0.25, 0.3) is 0 Å². The van der Waals surface area contributed by atoms with Gasteiger partial charge >= 0.3 is 0 Å². The van der Waals surface area contributed by atoms with Crippen molar-refractivity contribution in [2.45, 2.75) is 18.7 Å². The van der Waals surface area contributed by atoms with Gasteiger partial charge in [0.05, 0.1) is 12.7 Å². The van der Waals surface area contributed by atoms with Crippen LogP contribution in [-0.4, -0.2) is 43.3 Å².